The minimum atomic E-state index is -1.33. The number of amides is 2. The first kappa shape index (κ1) is 30.4. The number of hydrogen-bond acceptors (Lipinski definition) is 7. The normalized spacial score (nSPS) is 29.9. The van der Waals surface area contributed by atoms with Crippen molar-refractivity contribution >= 4 is 40.7 Å². The average Bonchev–Trinajstić information content (AvgIpc) is 3.65. The van der Waals surface area contributed by atoms with Gasteiger partial charge in [0.25, 0.3) is 0 Å². The number of carbonyl (C=O) groups excluding carboxylic acids is 2. The Morgan fingerprint density at radius 1 is 1.07 bits per heavy atom. The lowest BCUT2D eigenvalue weighted by Crippen LogP contribution is -2.61. The molecule has 2 aromatic heterocycles. The molecular formula is C32H35Cl2FN6O4. The lowest BCUT2D eigenvalue weighted by atomic mass is 9.53. The van der Waals surface area contributed by atoms with Crippen molar-refractivity contribution in [3.8, 4) is 0 Å². The van der Waals surface area contributed by atoms with Crippen LogP contribution in [0.15, 0.2) is 39.7 Å². The molecule has 2 saturated carbocycles. The van der Waals surface area contributed by atoms with E-state index >= 15 is 4.39 Å². The van der Waals surface area contributed by atoms with Gasteiger partial charge in [-0.2, -0.15) is 0 Å². The number of hydrogen-bond donors (Lipinski definition) is 4. The number of benzene rings is 1. The predicted octanol–water partition coefficient (Wildman–Crippen LogP) is 5.33. The van der Waals surface area contributed by atoms with Gasteiger partial charge in [-0.25, -0.2) is 19.3 Å². The summed E-state index contributed by atoms with van der Waals surface area (Å²) < 4.78 is 21.3. The van der Waals surface area contributed by atoms with Crippen LogP contribution in [-0.4, -0.2) is 44.6 Å². The number of nitrogens with one attached hydrogen (secondary N) is 4. The Hall–Kier alpha value is -3.28. The molecule has 0 bridgehead atoms. The summed E-state index contributed by atoms with van der Waals surface area (Å²) in [4.78, 5) is 44.4. The molecule has 4 heterocycles. The van der Waals surface area contributed by atoms with Crippen LogP contribution < -0.4 is 21.7 Å². The van der Waals surface area contributed by atoms with Crippen molar-refractivity contribution < 1.29 is 18.4 Å². The van der Waals surface area contributed by atoms with Crippen molar-refractivity contribution in [2.75, 3.05) is 5.32 Å². The van der Waals surface area contributed by atoms with Crippen molar-refractivity contribution in [1.29, 1.82) is 0 Å². The summed E-state index contributed by atoms with van der Waals surface area (Å²) in [6.07, 6.45) is 6.90. The topological polar surface area (TPSA) is 142 Å². The highest BCUT2D eigenvalue weighted by molar-refractivity contribution is 6.31. The Morgan fingerprint density at radius 2 is 1.80 bits per heavy atom. The number of carbonyl (C=O) groups is 2. The maximum Gasteiger partial charge on any atom is 0.434 e. The molecule has 4 N–H and O–H groups in total. The Balaban J connectivity index is 1.30. The van der Waals surface area contributed by atoms with Crippen molar-refractivity contribution in [1.82, 2.24) is 25.8 Å². The molecule has 238 valence electrons. The number of aromatic nitrogens is 3. The van der Waals surface area contributed by atoms with Crippen LogP contribution in [-0.2, 0) is 15.0 Å². The average molecular weight is 658 g/mol. The van der Waals surface area contributed by atoms with E-state index in [-0.39, 0.29) is 39.9 Å². The van der Waals surface area contributed by atoms with Gasteiger partial charge in [0.15, 0.2) is 11.0 Å². The second-order valence-corrected chi connectivity index (χ2v) is 14.6. The highest BCUT2D eigenvalue weighted by Gasteiger charge is 2.73. The molecule has 3 atom stereocenters. The van der Waals surface area contributed by atoms with Crippen molar-refractivity contribution in [3.63, 3.8) is 0 Å². The number of nitrogens with zero attached hydrogens (tertiary/aromatic N) is 2. The van der Waals surface area contributed by atoms with Gasteiger partial charge in [0.2, 0.25) is 17.7 Å². The highest BCUT2D eigenvalue weighted by atomic mass is 35.5. The Morgan fingerprint density at radius 3 is 2.49 bits per heavy atom. The zero-order valence-electron chi connectivity index (χ0n) is 25.0. The third kappa shape index (κ3) is 4.80. The van der Waals surface area contributed by atoms with Gasteiger partial charge in [-0.15, -0.1) is 5.10 Å². The van der Waals surface area contributed by atoms with E-state index in [1.165, 1.54) is 12.3 Å². The number of pyridine rings is 1. The van der Waals surface area contributed by atoms with Gasteiger partial charge in [-0.1, -0.05) is 43.1 Å². The first-order chi connectivity index (χ1) is 21.4. The molecule has 7 rings (SSSR count). The smallest absolute Gasteiger partial charge is 0.392 e. The second kappa shape index (κ2) is 10.9. The quantitative estimate of drug-likeness (QED) is 0.278. The zero-order valence-corrected chi connectivity index (χ0v) is 26.5. The minimum Gasteiger partial charge on any atom is -0.392 e. The van der Waals surface area contributed by atoms with Gasteiger partial charge in [-0.05, 0) is 86.1 Å². The molecule has 1 saturated heterocycles. The third-order valence-electron chi connectivity index (χ3n) is 10.8. The molecular weight excluding hydrogens is 622 g/mol. The maximum absolute atomic E-state index is 16.1. The summed E-state index contributed by atoms with van der Waals surface area (Å²) >= 11 is 12.6. The van der Waals surface area contributed by atoms with E-state index in [4.69, 9.17) is 27.6 Å². The van der Waals surface area contributed by atoms with Gasteiger partial charge in [0, 0.05) is 40.3 Å². The van der Waals surface area contributed by atoms with Crippen molar-refractivity contribution in [3.05, 3.63) is 74.0 Å². The largest absolute Gasteiger partial charge is 0.434 e. The molecule has 1 aromatic carbocycles. The Bertz CT molecular complexity index is 1720. The van der Waals surface area contributed by atoms with E-state index in [1.54, 1.807) is 12.1 Å². The maximum atomic E-state index is 16.1. The molecule has 0 radical (unpaired) electrons. The van der Waals surface area contributed by atoms with E-state index in [0.717, 1.165) is 12.8 Å². The summed E-state index contributed by atoms with van der Waals surface area (Å²) in [6, 6.07) is 5.71. The van der Waals surface area contributed by atoms with Gasteiger partial charge in [0.1, 0.15) is 5.41 Å². The Kier molecular flexibility index (Phi) is 7.37. The van der Waals surface area contributed by atoms with Crippen LogP contribution in [0.25, 0.3) is 0 Å². The summed E-state index contributed by atoms with van der Waals surface area (Å²) in [6.45, 7) is 4.41. The van der Waals surface area contributed by atoms with Crippen LogP contribution in [0.5, 0.6) is 0 Å². The molecule has 2 aliphatic carbocycles. The van der Waals surface area contributed by atoms with Crippen LogP contribution in [0.2, 0.25) is 10.2 Å². The van der Waals surface area contributed by atoms with E-state index in [2.05, 4.69) is 45.0 Å². The monoisotopic (exact) mass is 656 g/mol. The highest BCUT2D eigenvalue weighted by Crippen LogP contribution is 2.64. The molecule has 3 fully saturated rings. The minimum absolute atomic E-state index is 0.0230. The summed E-state index contributed by atoms with van der Waals surface area (Å²) in [5, 5.41) is 16.4. The zero-order chi connectivity index (χ0) is 31.7. The van der Waals surface area contributed by atoms with Crippen LogP contribution in [0, 0.1) is 11.2 Å². The predicted molar refractivity (Wildman–Crippen MR) is 166 cm³/mol. The fourth-order valence-electron chi connectivity index (χ4n) is 8.52. The van der Waals surface area contributed by atoms with Gasteiger partial charge < -0.3 is 15.1 Å². The molecule has 45 heavy (non-hydrogen) atoms. The van der Waals surface area contributed by atoms with E-state index in [9.17, 15) is 14.4 Å². The number of halogens is 3. The van der Waals surface area contributed by atoms with Gasteiger partial charge in [0.05, 0.1) is 6.04 Å². The fourth-order valence-corrected chi connectivity index (χ4v) is 8.86. The van der Waals surface area contributed by atoms with Crippen LogP contribution in [0.1, 0.15) is 94.1 Å². The summed E-state index contributed by atoms with van der Waals surface area (Å²) in [5.74, 6) is -2.51. The van der Waals surface area contributed by atoms with Gasteiger partial charge in [-0.3, -0.25) is 14.9 Å². The SMILES string of the molecule is CC1(C)CCC2(CC1)N[C@@H](C(=O)NC1CCC(c3n[nH]c(=O)o3)CC1)[C@H](c1ccnc(Cl)c1F)C21C(=O)Nc2cc(Cl)ccc21. The van der Waals surface area contributed by atoms with Crippen LogP contribution in [0.4, 0.5) is 10.1 Å². The van der Waals surface area contributed by atoms with E-state index < -0.39 is 34.5 Å². The van der Waals surface area contributed by atoms with E-state index in [0.29, 0.717) is 60.7 Å². The number of H-pyrrole nitrogens is 1. The molecule has 2 aliphatic heterocycles. The first-order valence-electron chi connectivity index (χ1n) is 15.5. The summed E-state index contributed by atoms with van der Waals surface area (Å²) in [7, 11) is 0. The van der Waals surface area contributed by atoms with Crippen LogP contribution >= 0.6 is 23.2 Å². The van der Waals surface area contributed by atoms with Gasteiger partial charge >= 0.3 is 5.76 Å². The van der Waals surface area contributed by atoms with Crippen molar-refractivity contribution in [2.45, 2.75) is 100 Å². The molecule has 2 amide bonds. The molecule has 13 heteroatoms. The number of aromatic amines is 1. The molecule has 3 aromatic rings. The number of anilines is 1. The summed E-state index contributed by atoms with van der Waals surface area (Å²) in [5.41, 5.74) is -0.716. The lowest BCUT2D eigenvalue weighted by Gasteiger charge is -2.50. The van der Waals surface area contributed by atoms with Crippen molar-refractivity contribution in [2.24, 2.45) is 5.41 Å². The molecule has 2 spiro atoms. The van der Waals surface area contributed by atoms with E-state index in [1.807, 2.05) is 6.07 Å². The lowest BCUT2D eigenvalue weighted by molar-refractivity contribution is -0.125. The second-order valence-electron chi connectivity index (χ2n) is 13.8. The number of rotatable bonds is 4. The number of fused-ring (bicyclic) bond motifs is 3. The fraction of sp³-hybridized carbons (Fsp3) is 0.531. The standard InChI is InChI=1S/C32H35Cl2FN6O4/c1-30(2)10-12-31(13-11-30)32(20-8-5-17(33)15-21(20)38-28(32)43)22(19-9-14-36-25(34)23(19)35)24(39-31)26(42)37-18-6-3-16(4-7-18)27-40-41-29(44)45-27/h5,8-9,14-16,18,22,24,39H,3-4,6-7,10-13H2,1-2H3,(H,37,42)(H,38,43)(H,41,44)/t16?,18?,22-,24+,32?/m0/s1. The molecule has 10 nitrogen and oxygen atoms in total. The third-order valence-corrected chi connectivity index (χ3v) is 11.3. The van der Waals surface area contributed by atoms with Crippen LogP contribution in [0.3, 0.4) is 0 Å². The Labute approximate surface area is 269 Å². The molecule has 4 aliphatic rings. The molecule has 1 unspecified atom stereocenters. The first-order valence-corrected chi connectivity index (χ1v) is 16.2.